The van der Waals surface area contributed by atoms with Gasteiger partial charge in [-0.15, -0.1) is 0 Å². The van der Waals surface area contributed by atoms with E-state index in [1.807, 2.05) is 18.2 Å². The van der Waals surface area contributed by atoms with Crippen LogP contribution in [0.25, 0.3) is 0 Å². The Morgan fingerprint density at radius 2 is 2.20 bits per heavy atom. The first-order valence-electron chi connectivity index (χ1n) is 8.02. The predicted octanol–water partition coefficient (Wildman–Crippen LogP) is 1.69. The lowest BCUT2D eigenvalue weighted by atomic mass is 10.1. The van der Waals surface area contributed by atoms with Crippen LogP contribution in [0.15, 0.2) is 47.8 Å². The van der Waals surface area contributed by atoms with Crippen molar-refractivity contribution in [2.45, 2.75) is 0 Å². The zero-order valence-corrected chi connectivity index (χ0v) is 14.0. The third-order valence-corrected chi connectivity index (χ3v) is 3.89. The molecule has 1 aromatic heterocycles. The average molecular weight is 340 g/mol. The molecule has 1 fully saturated rings. The topological polar surface area (TPSA) is 76.1 Å². The minimum Gasteiger partial charge on any atom is -0.496 e. The number of carbonyl (C=O) groups is 1. The highest BCUT2D eigenvalue weighted by Gasteiger charge is 2.13. The molecule has 1 saturated heterocycles. The summed E-state index contributed by atoms with van der Waals surface area (Å²) >= 11 is 0. The molecule has 0 spiro atoms. The Morgan fingerprint density at radius 3 is 2.92 bits per heavy atom. The SMILES string of the molecule is COc1cc(N2CCOCC2)ccc1/C=N/NC(=O)c1cccnc1. The number of hydrazone groups is 1. The summed E-state index contributed by atoms with van der Waals surface area (Å²) in [6.07, 6.45) is 4.67. The Kier molecular flexibility index (Phi) is 5.58. The van der Waals surface area contributed by atoms with Crippen LogP contribution >= 0.6 is 0 Å². The van der Waals surface area contributed by atoms with Crippen LogP contribution in [0.4, 0.5) is 5.69 Å². The maximum Gasteiger partial charge on any atom is 0.272 e. The van der Waals surface area contributed by atoms with E-state index in [1.54, 1.807) is 31.7 Å². The Bertz CT molecular complexity index is 743. The van der Waals surface area contributed by atoms with E-state index in [9.17, 15) is 4.79 Å². The smallest absolute Gasteiger partial charge is 0.272 e. The van der Waals surface area contributed by atoms with Crippen molar-refractivity contribution in [2.24, 2.45) is 5.10 Å². The van der Waals surface area contributed by atoms with Crippen LogP contribution in [0.3, 0.4) is 0 Å². The van der Waals surface area contributed by atoms with Crippen LogP contribution in [0.1, 0.15) is 15.9 Å². The molecule has 7 nitrogen and oxygen atoms in total. The summed E-state index contributed by atoms with van der Waals surface area (Å²) in [6.45, 7) is 3.17. The first-order valence-corrected chi connectivity index (χ1v) is 8.02. The fourth-order valence-electron chi connectivity index (χ4n) is 2.55. The maximum absolute atomic E-state index is 11.9. The molecule has 0 unspecified atom stereocenters. The highest BCUT2D eigenvalue weighted by molar-refractivity contribution is 5.94. The molecule has 25 heavy (non-hydrogen) atoms. The molecule has 1 aliphatic rings. The summed E-state index contributed by atoms with van der Waals surface area (Å²) in [6, 6.07) is 9.28. The van der Waals surface area contributed by atoms with E-state index in [2.05, 4.69) is 20.4 Å². The number of amides is 1. The monoisotopic (exact) mass is 340 g/mol. The van der Waals surface area contributed by atoms with Gasteiger partial charge >= 0.3 is 0 Å². The normalized spacial score (nSPS) is 14.5. The van der Waals surface area contributed by atoms with E-state index >= 15 is 0 Å². The van der Waals surface area contributed by atoms with E-state index in [0.717, 1.165) is 37.6 Å². The van der Waals surface area contributed by atoms with Gasteiger partial charge in [-0.1, -0.05) is 0 Å². The lowest BCUT2D eigenvalue weighted by Gasteiger charge is -2.29. The predicted molar refractivity (Wildman–Crippen MR) is 95.3 cm³/mol. The fraction of sp³-hybridized carbons (Fsp3) is 0.278. The van der Waals surface area contributed by atoms with Crippen LogP contribution < -0.4 is 15.1 Å². The third-order valence-electron chi connectivity index (χ3n) is 3.89. The number of morpholine rings is 1. The minimum absolute atomic E-state index is 0.312. The number of rotatable bonds is 5. The summed E-state index contributed by atoms with van der Waals surface area (Å²) in [5, 5.41) is 4.00. The summed E-state index contributed by atoms with van der Waals surface area (Å²) in [5.41, 5.74) is 4.80. The van der Waals surface area contributed by atoms with E-state index in [-0.39, 0.29) is 5.91 Å². The number of aromatic nitrogens is 1. The Labute approximate surface area is 146 Å². The molecule has 3 rings (SSSR count). The standard InChI is InChI=1S/C18H20N4O3/c1-24-17-11-16(22-7-9-25-10-8-22)5-4-14(17)13-20-21-18(23)15-3-2-6-19-12-15/h2-6,11-13H,7-10H2,1H3,(H,21,23)/b20-13+. The van der Waals surface area contributed by atoms with Crippen molar-refractivity contribution in [1.82, 2.24) is 10.4 Å². The van der Waals surface area contributed by atoms with Gasteiger partial charge in [-0.25, -0.2) is 5.43 Å². The molecule has 7 heteroatoms. The molecule has 1 N–H and O–H groups in total. The van der Waals surface area contributed by atoms with Gasteiger partial charge in [0, 0.05) is 42.8 Å². The Morgan fingerprint density at radius 1 is 1.36 bits per heavy atom. The molecule has 0 saturated carbocycles. The van der Waals surface area contributed by atoms with Crippen molar-refractivity contribution in [1.29, 1.82) is 0 Å². The number of pyridine rings is 1. The molecule has 1 aliphatic heterocycles. The summed E-state index contributed by atoms with van der Waals surface area (Å²) in [5.74, 6) is 0.386. The number of nitrogens with one attached hydrogen (secondary N) is 1. The highest BCUT2D eigenvalue weighted by Crippen LogP contribution is 2.25. The number of hydrogen-bond donors (Lipinski definition) is 1. The van der Waals surface area contributed by atoms with Gasteiger partial charge in [-0.3, -0.25) is 9.78 Å². The van der Waals surface area contributed by atoms with E-state index in [4.69, 9.17) is 9.47 Å². The van der Waals surface area contributed by atoms with Crippen LogP contribution in [0.5, 0.6) is 5.75 Å². The number of benzene rings is 1. The van der Waals surface area contributed by atoms with Gasteiger partial charge < -0.3 is 14.4 Å². The lowest BCUT2D eigenvalue weighted by molar-refractivity contribution is 0.0954. The Balaban J connectivity index is 1.68. The summed E-state index contributed by atoms with van der Waals surface area (Å²) in [4.78, 5) is 18.1. The maximum atomic E-state index is 11.9. The minimum atomic E-state index is -0.312. The van der Waals surface area contributed by atoms with Crippen LogP contribution in [0.2, 0.25) is 0 Å². The van der Waals surface area contributed by atoms with Gasteiger partial charge in [-0.2, -0.15) is 5.10 Å². The van der Waals surface area contributed by atoms with Gasteiger partial charge in [0.05, 0.1) is 32.1 Å². The number of anilines is 1. The van der Waals surface area contributed by atoms with Crippen LogP contribution in [-0.2, 0) is 4.74 Å². The third kappa shape index (κ3) is 4.33. The van der Waals surface area contributed by atoms with Gasteiger partial charge in [0.25, 0.3) is 5.91 Å². The fourth-order valence-corrected chi connectivity index (χ4v) is 2.55. The summed E-state index contributed by atoms with van der Waals surface area (Å²) < 4.78 is 10.8. The van der Waals surface area contributed by atoms with Crippen LogP contribution in [0, 0.1) is 0 Å². The van der Waals surface area contributed by atoms with Crippen molar-refractivity contribution in [2.75, 3.05) is 38.3 Å². The average Bonchev–Trinajstić information content (AvgIpc) is 2.69. The second kappa shape index (κ2) is 8.25. The summed E-state index contributed by atoms with van der Waals surface area (Å²) in [7, 11) is 1.62. The zero-order valence-electron chi connectivity index (χ0n) is 14.0. The quantitative estimate of drug-likeness (QED) is 0.662. The second-order valence-corrected chi connectivity index (χ2v) is 5.47. The van der Waals surface area contributed by atoms with Crippen molar-refractivity contribution >= 4 is 17.8 Å². The van der Waals surface area contributed by atoms with Crippen molar-refractivity contribution in [3.8, 4) is 5.75 Å². The van der Waals surface area contributed by atoms with Gasteiger partial charge in [-0.05, 0) is 24.3 Å². The van der Waals surface area contributed by atoms with Crippen molar-refractivity contribution < 1.29 is 14.3 Å². The number of hydrogen-bond acceptors (Lipinski definition) is 6. The van der Waals surface area contributed by atoms with Crippen LogP contribution in [-0.4, -0.2) is 50.5 Å². The van der Waals surface area contributed by atoms with E-state index in [0.29, 0.717) is 11.3 Å². The molecule has 0 aliphatic carbocycles. The first kappa shape index (κ1) is 16.9. The largest absolute Gasteiger partial charge is 0.496 e. The number of carbonyl (C=O) groups excluding carboxylic acids is 1. The van der Waals surface area contributed by atoms with Crippen molar-refractivity contribution in [3.63, 3.8) is 0 Å². The Hall–Kier alpha value is -2.93. The molecule has 0 radical (unpaired) electrons. The number of ether oxygens (including phenoxy) is 2. The molecular weight excluding hydrogens is 320 g/mol. The molecule has 2 aromatic rings. The zero-order chi connectivity index (χ0) is 17.5. The lowest BCUT2D eigenvalue weighted by Crippen LogP contribution is -2.36. The second-order valence-electron chi connectivity index (χ2n) is 5.47. The first-order chi connectivity index (χ1) is 12.3. The van der Waals surface area contributed by atoms with E-state index in [1.165, 1.54) is 6.20 Å². The number of nitrogens with zero attached hydrogens (tertiary/aromatic N) is 3. The molecule has 0 bridgehead atoms. The van der Waals surface area contributed by atoms with Crippen molar-refractivity contribution in [3.05, 3.63) is 53.9 Å². The van der Waals surface area contributed by atoms with Gasteiger partial charge in [0.2, 0.25) is 0 Å². The molecule has 1 amide bonds. The molecule has 0 atom stereocenters. The molecular formula is C18H20N4O3. The van der Waals surface area contributed by atoms with Gasteiger partial charge in [0.15, 0.2) is 0 Å². The van der Waals surface area contributed by atoms with Gasteiger partial charge in [0.1, 0.15) is 5.75 Å². The van der Waals surface area contributed by atoms with E-state index < -0.39 is 0 Å². The highest BCUT2D eigenvalue weighted by atomic mass is 16.5. The molecule has 130 valence electrons. The number of methoxy groups -OCH3 is 1. The molecule has 2 heterocycles. The molecule has 1 aromatic carbocycles.